The van der Waals surface area contributed by atoms with E-state index in [-0.39, 0.29) is 28.5 Å². The van der Waals surface area contributed by atoms with Gasteiger partial charge in [-0.1, -0.05) is 36.9 Å². The number of hydrogen-bond acceptors (Lipinski definition) is 3. The molecule has 0 bridgehead atoms. The number of pyridine rings is 2. The normalized spacial score (nSPS) is 14.8. The highest BCUT2D eigenvalue weighted by molar-refractivity contribution is 6.33. The Labute approximate surface area is 167 Å². The second kappa shape index (κ2) is 8.10. The van der Waals surface area contributed by atoms with Crippen LogP contribution >= 0.6 is 11.6 Å². The molecule has 3 aromatic rings. The summed E-state index contributed by atoms with van der Waals surface area (Å²) in [5.41, 5.74) is 1.27. The molecule has 1 aliphatic carbocycles. The summed E-state index contributed by atoms with van der Waals surface area (Å²) in [5, 5.41) is 6.77. The van der Waals surface area contributed by atoms with Crippen LogP contribution in [-0.2, 0) is 0 Å². The van der Waals surface area contributed by atoms with E-state index in [9.17, 15) is 9.18 Å². The Balaban J connectivity index is 1.72. The summed E-state index contributed by atoms with van der Waals surface area (Å²) >= 11 is 6.27. The van der Waals surface area contributed by atoms with E-state index in [4.69, 9.17) is 11.6 Å². The number of amides is 2. The van der Waals surface area contributed by atoms with Crippen LogP contribution < -0.4 is 10.6 Å². The number of anilines is 1. The quantitative estimate of drug-likeness (QED) is 0.608. The summed E-state index contributed by atoms with van der Waals surface area (Å²) in [5.74, 6) is -0.215. The maximum atomic E-state index is 14.6. The predicted molar refractivity (Wildman–Crippen MR) is 109 cm³/mol. The molecule has 4 rings (SSSR count). The summed E-state index contributed by atoms with van der Waals surface area (Å²) in [7, 11) is 0. The van der Waals surface area contributed by atoms with Crippen LogP contribution in [0.5, 0.6) is 0 Å². The first-order chi connectivity index (χ1) is 13.6. The molecule has 2 heterocycles. The first-order valence-electron chi connectivity index (χ1n) is 9.38. The van der Waals surface area contributed by atoms with Crippen molar-refractivity contribution in [1.29, 1.82) is 0 Å². The summed E-state index contributed by atoms with van der Waals surface area (Å²) in [6.07, 6.45) is 8.64. The van der Waals surface area contributed by atoms with Crippen molar-refractivity contribution < 1.29 is 9.18 Å². The van der Waals surface area contributed by atoms with Crippen molar-refractivity contribution in [2.45, 2.75) is 38.1 Å². The van der Waals surface area contributed by atoms with Crippen LogP contribution in [0.15, 0.2) is 42.7 Å². The number of urea groups is 1. The summed E-state index contributed by atoms with van der Waals surface area (Å²) in [6.45, 7) is 0. The number of carbonyl (C=O) groups excluding carboxylic acids is 1. The second-order valence-corrected chi connectivity index (χ2v) is 7.39. The highest BCUT2D eigenvalue weighted by Crippen LogP contribution is 2.36. The lowest BCUT2D eigenvalue weighted by Gasteiger charge is -2.23. The van der Waals surface area contributed by atoms with Crippen molar-refractivity contribution in [2.75, 3.05) is 5.32 Å². The van der Waals surface area contributed by atoms with Crippen LogP contribution in [-0.4, -0.2) is 22.0 Å². The number of carbonyl (C=O) groups is 1. The van der Waals surface area contributed by atoms with E-state index in [1.165, 1.54) is 12.5 Å². The fourth-order valence-electron chi connectivity index (χ4n) is 3.63. The van der Waals surface area contributed by atoms with E-state index >= 15 is 0 Å². The third-order valence-corrected chi connectivity index (χ3v) is 5.33. The van der Waals surface area contributed by atoms with E-state index in [1.54, 1.807) is 36.7 Å². The predicted octanol–water partition coefficient (Wildman–Crippen LogP) is 5.54. The lowest BCUT2D eigenvalue weighted by atomic mass is 9.96. The summed E-state index contributed by atoms with van der Waals surface area (Å²) < 4.78 is 14.6. The molecule has 1 aliphatic rings. The SMILES string of the molecule is O=C(Nc1nc2ccncc2cc1-c1c(F)cccc1Cl)NC1CCCCC1. The van der Waals surface area contributed by atoms with Crippen LogP contribution in [0.4, 0.5) is 15.0 Å². The molecule has 0 unspecified atom stereocenters. The standard InChI is InChI=1S/C21H20ClFN4O/c22-16-7-4-8-17(23)19(16)15-11-13-12-24-10-9-18(13)26-20(15)27-21(28)25-14-5-2-1-3-6-14/h4,7-12,14H,1-3,5-6H2,(H2,25,26,27,28). The van der Waals surface area contributed by atoms with Crippen molar-refractivity contribution in [1.82, 2.24) is 15.3 Å². The highest BCUT2D eigenvalue weighted by atomic mass is 35.5. The molecule has 1 saturated carbocycles. The molecule has 144 valence electrons. The molecule has 0 aliphatic heterocycles. The van der Waals surface area contributed by atoms with E-state index in [1.807, 2.05) is 0 Å². The van der Waals surface area contributed by atoms with Crippen molar-refractivity contribution in [2.24, 2.45) is 0 Å². The van der Waals surface area contributed by atoms with Gasteiger partial charge in [0.15, 0.2) is 0 Å². The maximum absolute atomic E-state index is 14.6. The number of fused-ring (bicyclic) bond motifs is 1. The molecule has 0 spiro atoms. The molecule has 5 nitrogen and oxygen atoms in total. The van der Waals surface area contributed by atoms with Gasteiger partial charge in [0.2, 0.25) is 0 Å². The van der Waals surface area contributed by atoms with E-state index < -0.39 is 5.82 Å². The molecule has 28 heavy (non-hydrogen) atoms. The minimum absolute atomic E-state index is 0.152. The van der Waals surface area contributed by atoms with Crippen LogP contribution in [0, 0.1) is 5.82 Å². The van der Waals surface area contributed by atoms with E-state index in [2.05, 4.69) is 20.6 Å². The van der Waals surface area contributed by atoms with Crippen molar-refractivity contribution >= 4 is 34.4 Å². The van der Waals surface area contributed by atoms with Gasteiger partial charge in [-0.3, -0.25) is 10.3 Å². The number of nitrogens with one attached hydrogen (secondary N) is 2. The van der Waals surface area contributed by atoms with Gasteiger partial charge in [0.1, 0.15) is 11.6 Å². The van der Waals surface area contributed by atoms with Crippen LogP contribution in [0.3, 0.4) is 0 Å². The Morgan fingerprint density at radius 1 is 1.18 bits per heavy atom. The number of halogens is 2. The Kier molecular flexibility index (Phi) is 5.39. The lowest BCUT2D eigenvalue weighted by molar-refractivity contribution is 0.244. The largest absolute Gasteiger partial charge is 0.335 e. The van der Waals surface area contributed by atoms with Crippen molar-refractivity contribution in [3.63, 3.8) is 0 Å². The van der Waals surface area contributed by atoms with Crippen LogP contribution in [0.1, 0.15) is 32.1 Å². The number of nitrogens with zero attached hydrogens (tertiary/aromatic N) is 2. The Morgan fingerprint density at radius 3 is 2.79 bits per heavy atom. The zero-order chi connectivity index (χ0) is 19.5. The Morgan fingerprint density at radius 2 is 2.00 bits per heavy atom. The van der Waals surface area contributed by atoms with E-state index in [0.29, 0.717) is 11.1 Å². The molecule has 0 saturated heterocycles. The van der Waals surface area contributed by atoms with Gasteiger partial charge in [0.05, 0.1) is 10.5 Å². The van der Waals surface area contributed by atoms with Gasteiger partial charge >= 0.3 is 6.03 Å². The molecular formula is C21H20ClFN4O. The average molecular weight is 399 g/mol. The van der Waals surface area contributed by atoms with Crippen LogP contribution in [0.2, 0.25) is 5.02 Å². The fraction of sp³-hybridized carbons (Fsp3) is 0.286. The minimum Gasteiger partial charge on any atom is -0.335 e. The molecule has 1 aromatic carbocycles. The monoisotopic (exact) mass is 398 g/mol. The van der Waals surface area contributed by atoms with Crippen LogP contribution in [0.25, 0.3) is 22.0 Å². The van der Waals surface area contributed by atoms with Gasteiger partial charge in [-0.2, -0.15) is 0 Å². The van der Waals surface area contributed by atoms with Gasteiger partial charge in [-0.05, 0) is 37.1 Å². The number of benzene rings is 1. The second-order valence-electron chi connectivity index (χ2n) is 6.98. The van der Waals surface area contributed by atoms with Gasteiger partial charge in [-0.15, -0.1) is 0 Å². The topological polar surface area (TPSA) is 66.9 Å². The maximum Gasteiger partial charge on any atom is 0.320 e. The van der Waals surface area contributed by atoms with Gasteiger partial charge in [0, 0.05) is 34.9 Å². The smallest absolute Gasteiger partial charge is 0.320 e. The summed E-state index contributed by atoms with van der Waals surface area (Å²) in [6, 6.07) is 7.78. The van der Waals surface area contributed by atoms with Gasteiger partial charge < -0.3 is 5.32 Å². The lowest BCUT2D eigenvalue weighted by Crippen LogP contribution is -2.39. The first-order valence-corrected chi connectivity index (χ1v) is 9.76. The molecular weight excluding hydrogens is 379 g/mol. The molecule has 2 amide bonds. The molecule has 1 fully saturated rings. The zero-order valence-electron chi connectivity index (χ0n) is 15.2. The third-order valence-electron chi connectivity index (χ3n) is 5.02. The van der Waals surface area contributed by atoms with Gasteiger partial charge in [0.25, 0.3) is 0 Å². The highest BCUT2D eigenvalue weighted by Gasteiger charge is 2.20. The molecule has 0 atom stereocenters. The fourth-order valence-corrected chi connectivity index (χ4v) is 3.90. The number of rotatable bonds is 3. The molecule has 2 N–H and O–H groups in total. The van der Waals surface area contributed by atoms with Crippen molar-refractivity contribution in [3.05, 3.63) is 53.6 Å². The third kappa shape index (κ3) is 3.92. The zero-order valence-corrected chi connectivity index (χ0v) is 16.0. The van der Waals surface area contributed by atoms with Gasteiger partial charge in [-0.25, -0.2) is 14.2 Å². The Bertz CT molecular complexity index is 1000. The number of hydrogen-bond donors (Lipinski definition) is 2. The molecule has 2 aromatic heterocycles. The minimum atomic E-state index is -0.478. The number of aromatic nitrogens is 2. The Hall–Kier alpha value is -2.73. The summed E-state index contributed by atoms with van der Waals surface area (Å²) in [4.78, 5) is 21.2. The first kappa shape index (κ1) is 18.6. The molecule has 7 heteroatoms. The van der Waals surface area contributed by atoms with E-state index in [0.717, 1.165) is 31.1 Å². The molecule has 0 radical (unpaired) electrons. The average Bonchev–Trinajstić information content (AvgIpc) is 2.69. The van der Waals surface area contributed by atoms with Crippen molar-refractivity contribution in [3.8, 4) is 11.1 Å².